The number of hydrogen-bond donors (Lipinski definition) is 1. The summed E-state index contributed by atoms with van der Waals surface area (Å²) in [6.45, 7) is 3.51. The van der Waals surface area contributed by atoms with Crippen molar-refractivity contribution in [3.05, 3.63) is 12.0 Å². The van der Waals surface area contributed by atoms with Crippen LogP contribution in [0.2, 0.25) is 0 Å². The van der Waals surface area contributed by atoms with Crippen molar-refractivity contribution < 1.29 is 19.1 Å². The van der Waals surface area contributed by atoms with E-state index < -0.39 is 5.97 Å². The maximum absolute atomic E-state index is 10.5. The molecule has 1 aliphatic heterocycles. The van der Waals surface area contributed by atoms with E-state index in [4.69, 9.17) is 14.3 Å². The van der Waals surface area contributed by atoms with Crippen LogP contribution in [0.25, 0.3) is 0 Å². The Bertz CT molecular complexity index is 357. The smallest absolute Gasteiger partial charge is 0.394 e. The molecule has 0 saturated carbocycles. The molecule has 6 nitrogen and oxygen atoms in total. The molecule has 0 radical (unpaired) electrons. The van der Waals surface area contributed by atoms with Gasteiger partial charge in [-0.05, 0) is 25.9 Å². The van der Waals surface area contributed by atoms with Crippen LogP contribution in [0.5, 0.6) is 6.08 Å². The van der Waals surface area contributed by atoms with Crippen LogP contribution in [-0.4, -0.2) is 47.2 Å². The van der Waals surface area contributed by atoms with Gasteiger partial charge in [0.2, 0.25) is 0 Å². The van der Waals surface area contributed by atoms with Gasteiger partial charge in [-0.3, -0.25) is 4.90 Å². The van der Waals surface area contributed by atoms with Gasteiger partial charge in [0.1, 0.15) is 12.9 Å². The molecule has 0 aliphatic carbocycles. The SMILES string of the molecule is O=C(O)c1coc(OCCN2CCCC2)n1. The fourth-order valence-corrected chi connectivity index (χ4v) is 1.69. The normalized spacial score (nSPS) is 16.5. The monoisotopic (exact) mass is 226 g/mol. The number of carboxylic acids is 1. The second-order valence-electron chi connectivity index (χ2n) is 3.70. The number of nitrogens with zero attached hydrogens (tertiary/aromatic N) is 2. The average Bonchev–Trinajstić information content (AvgIpc) is 2.87. The van der Waals surface area contributed by atoms with Gasteiger partial charge in [-0.15, -0.1) is 0 Å². The second-order valence-corrected chi connectivity index (χ2v) is 3.70. The molecule has 2 heterocycles. The lowest BCUT2D eigenvalue weighted by atomic mass is 10.4. The molecule has 88 valence electrons. The highest BCUT2D eigenvalue weighted by Crippen LogP contribution is 2.11. The van der Waals surface area contributed by atoms with E-state index in [-0.39, 0.29) is 11.8 Å². The predicted octanol–water partition coefficient (Wildman–Crippen LogP) is 0.847. The van der Waals surface area contributed by atoms with Crippen molar-refractivity contribution >= 4 is 5.97 Å². The van der Waals surface area contributed by atoms with Gasteiger partial charge in [0, 0.05) is 6.54 Å². The summed E-state index contributed by atoms with van der Waals surface area (Å²) in [6, 6.07) is 0. The van der Waals surface area contributed by atoms with Gasteiger partial charge in [0.05, 0.1) is 0 Å². The highest BCUT2D eigenvalue weighted by atomic mass is 16.6. The Kier molecular flexibility index (Phi) is 3.40. The third-order valence-corrected chi connectivity index (χ3v) is 2.53. The summed E-state index contributed by atoms with van der Waals surface area (Å²) in [5, 5.41) is 8.61. The molecule has 6 heteroatoms. The summed E-state index contributed by atoms with van der Waals surface area (Å²) >= 11 is 0. The van der Waals surface area contributed by atoms with Crippen molar-refractivity contribution in [2.45, 2.75) is 12.8 Å². The molecule has 1 aliphatic rings. The fourth-order valence-electron chi connectivity index (χ4n) is 1.69. The van der Waals surface area contributed by atoms with Gasteiger partial charge in [-0.2, -0.15) is 4.98 Å². The Balaban J connectivity index is 1.74. The van der Waals surface area contributed by atoms with E-state index in [0.717, 1.165) is 25.9 Å². The lowest BCUT2D eigenvalue weighted by molar-refractivity contribution is 0.0690. The van der Waals surface area contributed by atoms with E-state index in [0.29, 0.717) is 6.61 Å². The minimum Gasteiger partial charge on any atom is -0.476 e. The highest BCUT2D eigenvalue weighted by Gasteiger charge is 2.13. The number of oxazole rings is 1. The Morgan fingerprint density at radius 3 is 2.94 bits per heavy atom. The van der Waals surface area contributed by atoms with Crippen molar-refractivity contribution in [3.63, 3.8) is 0 Å². The van der Waals surface area contributed by atoms with E-state index in [9.17, 15) is 4.79 Å². The standard InChI is InChI=1S/C10H14N2O4/c13-9(14)8-7-16-10(11-8)15-6-5-12-3-1-2-4-12/h7H,1-6H2,(H,13,14). The molecule has 1 aromatic rings. The number of carbonyl (C=O) groups is 1. The molecule has 1 saturated heterocycles. The van der Waals surface area contributed by atoms with Crippen LogP contribution in [0.3, 0.4) is 0 Å². The zero-order chi connectivity index (χ0) is 11.4. The van der Waals surface area contributed by atoms with Crippen LogP contribution in [0.4, 0.5) is 0 Å². The van der Waals surface area contributed by atoms with Crippen molar-refractivity contribution in [2.75, 3.05) is 26.2 Å². The first-order chi connectivity index (χ1) is 7.75. The highest BCUT2D eigenvalue weighted by molar-refractivity contribution is 5.84. The number of hydrogen-bond acceptors (Lipinski definition) is 5. The molecule has 2 rings (SSSR count). The van der Waals surface area contributed by atoms with Crippen molar-refractivity contribution in [1.82, 2.24) is 9.88 Å². The first-order valence-electron chi connectivity index (χ1n) is 5.29. The number of aromatic carboxylic acids is 1. The van der Waals surface area contributed by atoms with Crippen LogP contribution in [-0.2, 0) is 0 Å². The third kappa shape index (κ3) is 2.73. The van der Waals surface area contributed by atoms with Crippen LogP contribution < -0.4 is 4.74 Å². The molecular formula is C10H14N2O4. The van der Waals surface area contributed by atoms with E-state index in [1.165, 1.54) is 12.8 Å². The van der Waals surface area contributed by atoms with Gasteiger partial charge in [0.15, 0.2) is 5.69 Å². The van der Waals surface area contributed by atoms with Crippen LogP contribution >= 0.6 is 0 Å². The number of likely N-dealkylation sites (tertiary alicyclic amines) is 1. The van der Waals surface area contributed by atoms with E-state index in [2.05, 4.69) is 9.88 Å². The summed E-state index contributed by atoms with van der Waals surface area (Å²) in [6.07, 6.45) is 3.58. The van der Waals surface area contributed by atoms with Gasteiger partial charge in [-0.1, -0.05) is 0 Å². The van der Waals surface area contributed by atoms with E-state index in [1.807, 2.05) is 0 Å². The fraction of sp³-hybridized carbons (Fsp3) is 0.600. The summed E-state index contributed by atoms with van der Waals surface area (Å²) < 4.78 is 10.1. The molecule has 1 fully saturated rings. The van der Waals surface area contributed by atoms with Gasteiger partial charge in [-0.25, -0.2) is 4.79 Å². The molecule has 16 heavy (non-hydrogen) atoms. The first-order valence-corrected chi connectivity index (χ1v) is 5.29. The Hall–Kier alpha value is -1.56. The summed E-state index contributed by atoms with van der Waals surface area (Å²) in [5.41, 5.74) is -0.129. The average molecular weight is 226 g/mol. The molecule has 0 bridgehead atoms. The minimum absolute atomic E-state index is 0.0246. The van der Waals surface area contributed by atoms with Crippen molar-refractivity contribution in [1.29, 1.82) is 0 Å². The van der Waals surface area contributed by atoms with Crippen molar-refractivity contribution in [3.8, 4) is 6.08 Å². The van der Waals surface area contributed by atoms with Crippen LogP contribution in [0.1, 0.15) is 23.3 Å². The largest absolute Gasteiger partial charge is 0.476 e. The predicted molar refractivity (Wildman–Crippen MR) is 54.6 cm³/mol. The zero-order valence-corrected chi connectivity index (χ0v) is 8.89. The lowest BCUT2D eigenvalue weighted by Crippen LogP contribution is -2.25. The molecule has 0 atom stereocenters. The van der Waals surface area contributed by atoms with E-state index >= 15 is 0 Å². The van der Waals surface area contributed by atoms with Crippen LogP contribution in [0, 0.1) is 0 Å². The second kappa shape index (κ2) is 4.98. The molecule has 1 aromatic heterocycles. The molecule has 0 aromatic carbocycles. The van der Waals surface area contributed by atoms with Gasteiger partial charge >= 0.3 is 12.0 Å². The van der Waals surface area contributed by atoms with Gasteiger partial charge in [0.25, 0.3) is 0 Å². The number of rotatable bonds is 5. The minimum atomic E-state index is -1.11. The molecular weight excluding hydrogens is 212 g/mol. The topological polar surface area (TPSA) is 75.8 Å². The quantitative estimate of drug-likeness (QED) is 0.802. The molecule has 0 amide bonds. The summed E-state index contributed by atoms with van der Waals surface area (Å²) in [4.78, 5) is 16.5. The summed E-state index contributed by atoms with van der Waals surface area (Å²) in [7, 11) is 0. The number of ether oxygens (including phenoxy) is 1. The first kappa shape index (κ1) is 10.9. The lowest BCUT2D eigenvalue weighted by Gasteiger charge is -2.13. The molecule has 0 spiro atoms. The van der Waals surface area contributed by atoms with Crippen molar-refractivity contribution in [2.24, 2.45) is 0 Å². The van der Waals surface area contributed by atoms with Gasteiger partial charge < -0.3 is 14.3 Å². The Morgan fingerprint density at radius 1 is 1.56 bits per heavy atom. The Labute approximate surface area is 92.8 Å². The molecule has 0 unspecified atom stereocenters. The third-order valence-electron chi connectivity index (χ3n) is 2.53. The zero-order valence-electron chi connectivity index (χ0n) is 8.89. The number of aromatic nitrogens is 1. The maximum atomic E-state index is 10.5. The number of carboxylic acid groups (broad SMARTS) is 1. The Morgan fingerprint density at radius 2 is 2.31 bits per heavy atom. The van der Waals surface area contributed by atoms with E-state index in [1.54, 1.807) is 0 Å². The molecule has 1 N–H and O–H groups in total. The summed E-state index contributed by atoms with van der Waals surface area (Å²) in [5.74, 6) is -1.11. The maximum Gasteiger partial charge on any atom is 0.394 e. The van der Waals surface area contributed by atoms with Crippen LogP contribution in [0.15, 0.2) is 10.7 Å².